The first-order valence-corrected chi connectivity index (χ1v) is 9.74. The minimum atomic E-state index is -1.04. The van der Waals surface area contributed by atoms with E-state index in [0.29, 0.717) is 12.0 Å². The number of rotatable bonds is 5. The molecule has 2 heterocycles. The van der Waals surface area contributed by atoms with Crippen molar-refractivity contribution in [2.45, 2.75) is 25.5 Å². The summed E-state index contributed by atoms with van der Waals surface area (Å²) in [6.07, 6.45) is 0.700. The molecule has 0 bridgehead atoms. The highest BCUT2D eigenvalue weighted by molar-refractivity contribution is 6.46. The van der Waals surface area contributed by atoms with Crippen LogP contribution in [0.25, 0.3) is 5.76 Å². The van der Waals surface area contributed by atoms with E-state index in [1.807, 2.05) is 6.92 Å². The van der Waals surface area contributed by atoms with Crippen LogP contribution in [0.5, 0.6) is 5.75 Å². The van der Waals surface area contributed by atoms with Crippen molar-refractivity contribution >= 4 is 17.4 Å². The maximum Gasteiger partial charge on any atom is 0.295 e. The quantitative estimate of drug-likeness (QED) is 0.465. The van der Waals surface area contributed by atoms with Gasteiger partial charge < -0.3 is 19.5 Å². The molecule has 1 saturated heterocycles. The number of methoxy groups -OCH3 is 1. The van der Waals surface area contributed by atoms with E-state index in [-0.39, 0.29) is 36.2 Å². The first-order valence-electron chi connectivity index (χ1n) is 9.74. The molecule has 1 fully saturated rings. The van der Waals surface area contributed by atoms with Gasteiger partial charge in [-0.1, -0.05) is 18.2 Å². The number of aliphatic hydroxyl groups is 1. The molecule has 2 atom stereocenters. The molecule has 2 aromatic carbocycles. The zero-order chi connectivity index (χ0) is 21.4. The lowest BCUT2D eigenvalue weighted by Gasteiger charge is -2.25. The number of amides is 1. The number of Topliss-reactive ketones (excluding diaryl/α,β-unsaturated/α-hetero) is 1. The lowest BCUT2D eigenvalue weighted by molar-refractivity contribution is -0.140. The van der Waals surface area contributed by atoms with Gasteiger partial charge in [-0.2, -0.15) is 0 Å². The predicted molar refractivity (Wildman–Crippen MR) is 108 cm³/mol. The summed E-state index contributed by atoms with van der Waals surface area (Å²) in [4.78, 5) is 26.8. The SMILES string of the molecule is COCCN1C(=O)C(=O)/C(=C(/O)c2ccc3c(c2)C[C@@H](C)O3)[C@@H]1c1ccccc1F. The minimum Gasteiger partial charge on any atom is -0.507 e. The third-order valence-electron chi connectivity index (χ3n) is 5.45. The molecule has 2 aliphatic heterocycles. The van der Waals surface area contributed by atoms with Crippen LogP contribution < -0.4 is 4.74 Å². The monoisotopic (exact) mass is 411 g/mol. The van der Waals surface area contributed by atoms with Crippen molar-refractivity contribution in [3.05, 3.63) is 70.5 Å². The van der Waals surface area contributed by atoms with Crippen LogP contribution in [0.1, 0.15) is 29.7 Å². The number of ketones is 1. The molecule has 0 unspecified atom stereocenters. The van der Waals surface area contributed by atoms with Crippen molar-refractivity contribution in [1.29, 1.82) is 0 Å². The largest absolute Gasteiger partial charge is 0.507 e. The summed E-state index contributed by atoms with van der Waals surface area (Å²) in [5.41, 5.74) is 1.31. The van der Waals surface area contributed by atoms with E-state index >= 15 is 0 Å². The van der Waals surface area contributed by atoms with Crippen LogP contribution in [-0.4, -0.2) is 48.1 Å². The molecule has 30 heavy (non-hydrogen) atoms. The Morgan fingerprint density at radius 1 is 1.27 bits per heavy atom. The number of benzene rings is 2. The Bertz CT molecular complexity index is 1050. The van der Waals surface area contributed by atoms with E-state index in [9.17, 15) is 19.1 Å². The Morgan fingerprint density at radius 3 is 2.77 bits per heavy atom. The predicted octanol–water partition coefficient (Wildman–Crippen LogP) is 3.22. The third kappa shape index (κ3) is 3.35. The van der Waals surface area contributed by atoms with Crippen molar-refractivity contribution in [2.75, 3.05) is 20.3 Å². The molecule has 1 amide bonds. The van der Waals surface area contributed by atoms with Crippen LogP contribution in [-0.2, 0) is 20.7 Å². The molecule has 4 rings (SSSR count). The molecule has 0 spiro atoms. The second-order valence-electron chi connectivity index (χ2n) is 7.46. The second kappa shape index (κ2) is 7.91. The van der Waals surface area contributed by atoms with Gasteiger partial charge in [0.15, 0.2) is 0 Å². The van der Waals surface area contributed by atoms with Crippen molar-refractivity contribution < 1.29 is 28.6 Å². The van der Waals surface area contributed by atoms with Gasteiger partial charge in [0.1, 0.15) is 23.4 Å². The van der Waals surface area contributed by atoms with E-state index in [1.54, 1.807) is 24.3 Å². The van der Waals surface area contributed by atoms with Crippen LogP contribution in [0.2, 0.25) is 0 Å². The molecular formula is C23H22FNO5. The minimum absolute atomic E-state index is 0.0236. The summed E-state index contributed by atoms with van der Waals surface area (Å²) in [6.45, 7) is 2.21. The standard InChI is InChI=1S/C23H22FNO5/c1-13-11-15-12-14(7-8-18(15)30-13)21(26)19-20(16-5-3-4-6-17(16)24)25(9-10-29-2)23(28)22(19)27/h3-8,12-13,20,26H,9-11H2,1-2H3/b21-19+/t13-,20+/m1/s1. The molecule has 7 heteroatoms. The molecule has 0 aromatic heterocycles. The average Bonchev–Trinajstić information content (AvgIpc) is 3.22. The number of fused-ring (bicyclic) bond motifs is 1. The smallest absolute Gasteiger partial charge is 0.295 e. The molecule has 2 aromatic rings. The van der Waals surface area contributed by atoms with Crippen LogP contribution in [0.4, 0.5) is 4.39 Å². The van der Waals surface area contributed by atoms with E-state index in [1.165, 1.54) is 30.2 Å². The summed E-state index contributed by atoms with van der Waals surface area (Å²) >= 11 is 0. The zero-order valence-electron chi connectivity index (χ0n) is 16.7. The van der Waals surface area contributed by atoms with Gasteiger partial charge in [0.05, 0.1) is 18.2 Å². The van der Waals surface area contributed by atoms with E-state index in [0.717, 1.165) is 11.3 Å². The average molecular weight is 411 g/mol. The van der Waals surface area contributed by atoms with Crippen LogP contribution in [0, 0.1) is 5.82 Å². The highest BCUT2D eigenvalue weighted by Gasteiger charge is 2.46. The van der Waals surface area contributed by atoms with Crippen LogP contribution in [0.3, 0.4) is 0 Å². The van der Waals surface area contributed by atoms with Crippen molar-refractivity contribution in [2.24, 2.45) is 0 Å². The maximum absolute atomic E-state index is 14.7. The third-order valence-corrected chi connectivity index (χ3v) is 5.45. The summed E-state index contributed by atoms with van der Waals surface area (Å²) in [6, 6.07) is 10.0. The fraction of sp³-hybridized carbons (Fsp3) is 0.304. The lowest BCUT2D eigenvalue weighted by atomic mass is 9.94. The summed E-state index contributed by atoms with van der Waals surface area (Å²) in [5.74, 6) is -1.80. The number of nitrogens with zero attached hydrogens (tertiary/aromatic N) is 1. The van der Waals surface area contributed by atoms with Gasteiger partial charge in [-0.3, -0.25) is 9.59 Å². The van der Waals surface area contributed by atoms with Crippen molar-refractivity contribution in [3.63, 3.8) is 0 Å². The van der Waals surface area contributed by atoms with Gasteiger partial charge in [-0.05, 0) is 36.8 Å². The van der Waals surface area contributed by atoms with Crippen molar-refractivity contribution in [1.82, 2.24) is 4.90 Å². The normalized spacial score (nSPS) is 22.3. The molecule has 0 aliphatic carbocycles. The Balaban J connectivity index is 1.85. The number of aliphatic hydroxyl groups excluding tert-OH is 1. The highest BCUT2D eigenvalue weighted by Crippen LogP contribution is 2.41. The number of halogens is 1. The first-order chi connectivity index (χ1) is 14.4. The molecular weight excluding hydrogens is 389 g/mol. The zero-order valence-corrected chi connectivity index (χ0v) is 16.7. The molecule has 1 N–H and O–H groups in total. The van der Waals surface area contributed by atoms with Gasteiger partial charge in [0, 0.05) is 31.2 Å². The number of likely N-dealkylation sites (tertiary alicyclic amines) is 1. The van der Waals surface area contributed by atoms with E-state index in [2.05, 4.69) is 0 Å². The Morgan fingerprint density at radius 2 is 2.03 bits per heavy atom. The molecule has 0 radical (unpaired) electrons. The number of carbonyl (C=O) groups is 2. The molecule has 2 aliphatic rings. The first kappa shape index (κ1) is 20.1. The molecule has 156 valence electrons. The van der Waals surface area contributed by atoms with Gasteiger partial charge >= 0.3 is 0 Å². The number of ether oxygens (including phenoxy) is 2. The van der Waals surface area contributed by atoms with Crippen molar-refractivity contribution in [3.8, 4) is 5.75 Å². The van der Waals surface area contributed by atoms with E-state index < -0.39 is 23.5 Å². The molecule has 0 saturated carbocycles. The van der Waals surface area contributed by atoms with Gasteiger partial charge in [0.2, 0.25) is 0 Å². The number of hydrogen-bond acceptors (Lipinski definition) is 5. The Labute approximate surface area is 173 Å². The Hall–Kier alpha value is -3.19. The van der Waals surface area contributed by atoms with Crippen LogP contribution in [0.15, 0.2) is 48.0 Å². The lowest BCUT2D eigenvalue weighted by Crippen LogP contribution is -2.33. The van der Waals surface area contributed by atoms with Gasteiger partial charge in [-0.15, -0.1) is 0 Å². The van der Waals surface area contributed by atoms with Gasteiger partial charge in [-0.25, -0.2) is 4.39 Å². The summed E-state index contributed by atoms with van der Waals surface area (Å²) in [5, 5.41) is 11.1. The fourth-order valence-corrected chi connectivity index (χ4v) is 4.05. The second-order valence-corrected chi connectivity index (χ2v) is 7.46. The number of hydrogen-bond donors (Lipinski definition) is 1. The maximum atomic E-state index is 14.7. The summed E-state index contributed by atoms with van der Waals surface area (Å²) in [7, 11) is 1.47. The van der Waals surface area contributed by atoms with E-state index in [4.69, 9.17) is 9.47 Å². The van der Waals surface area contributed by atoms with Gasteiger partial charge in [0.25, 0.3) is 11.7 Å². The van der Waals surface area contributed by atoms with Crippen LogP contribution >= 0.6 is 0 Å². The topological polar surface area (TPSA) is 76.1 Å². The fourth-order valence-electron chi connectivity index (χ4n) is 4.05. The number of carbonyl (C=O) groups excluding carboxylic acids is 2. The molecule has 6 nitrogen and oxygen atoms in total. The summed E-state index contributed by atoms with van der Waals surface area (Å²) < 4.78 is 25.4. The Kier molecular flexibility index (Phi) is 5.30. The highest BCUT2D eigenvalue weighted by atomic mass is 19.1.